The Morgan fingerprint density at radius 3 is 2.06 bits per heavy atom. The minimum Gasteiger partial charge on any atom is -0.481 e. The van der Waals surface area contributed by atoms with Crippen molar-refractivity contribution in [3.8, 4) is 0 Å². The molecule has 0 bridgehead atoms. The van der Waals surface area contributed by atoms with E-state index in [-0.39, 0.29) is 17.0 Å². The Morgan fingerprint density at radius 1 is 1.06 bits per heavy atom. The van der Waals surface area contributed by atoms with Gasteiger partial charge in [-0.2, -0.15) is 0 Å². The molecule has 0 aliphatic carbocycles. The number of nitrogens with one attached hydrogen (secondary N) is 2. The third-order valence-electron chi connectivity index (χ3n) is 5.25. The molecule has 0 spiro atoms. The Kier molecular flexibility index (Phi) is 9.02. The standard InChI is InChI=1S/C25H32F2N2O5S/c1-25(2,24(32)33)13-20(30)29-21(16-9-7-15(8-10-16)14-34-3)23(31)28-17-11-18(26)22(19(27)12-17)35(4,5)6/h7-12,21H,13-14H2,1-6H3,(H,28,31)(H,29,30)(H,32,33)/t21-/m1/s1. The topological polar surface area (TPSA) is 105 Å². The molecule has 192 valence electrons. The van der Waals surface area contributed by atoms with Gasteiger partial charge in [0.15, 0.2) is 0 Å². The quantitative estimate of drug-likeness (QED) is 0.438. The zero-order valence-corrected chi connectivity index (χ0v) is 21.5. The molecule has 3 N–H and O–H groups in total. The van der Waals surface area contributed by atoms with Gasteiger partial charge in [0, 0.05) is 19.2 Å². The van der Waals surface area contributed by atoms with Gasteiger partial charge in [0.1, 0.15) is 17.7 Å². The third kappa shape index (κ3) is 7.50. The first-order chi connectivity index (χ1) is 16.2. The third-order valence-corrected chi connectivity index (χ3v) is 6.87. The van der Waals surface area contributed by atoms with E-state index in [0.717, 1.165) is 17.7 Å². The minimum atomic E-state index is -1.70. The van der Waals surface area contributed by atoms with Crippen molar-refractivity contribution in [1.82, 2.24) is 5.32 Å². The van der Waals surface area contributed by atoms with Crippen LogP contribution in [-0.4, -0.2) is 48.8 Å². The summed E-state index contributed by atoms with van der Waals surface area (Å²) < 4.78 is 34.4. The maximum Gasteiger partial charge on any atom is 0.309 e. The summed E-state index contributed by atoms with van der Waals surface area (Å²) in [6.07, 6.45) is 4.89. The molecule has 0 aromatic heterocycles. The van der Waals surface area contributed by atoms with Crippen LogP contribution in [0.2, 0.25) is 0 Å². The van der Waals surface area contributed by atoms with E-state index in [1.165, 1.54) is 13.8 Å². The number of rotatable bonds is 10. The number of aliphatic carboxylic acids is 1. The number of carbonyl (C=O) groups excluding carboxylic acids is 2. The molecule has 2 aromatic carbocycles. The van der Waals surface area contributed by atoms with E-state index in [1.807, 2.05) is 0 Å². The average molecular weight is 511 g/mol. The highest BCUT2D eigenvalue weighted by molar-refractivity contribution is 8.32. The summed E-state index contributed by atoms with van der Waals surface area (Å²) in [7, 11) is -0.155. The summed E-state index contributed by atoms with van der Waals surface area (Å²) in [5.74, 6) is -4.10. The van der Waals surface area contributed by atoms with Crippen LogP contribution in [0.1, 0.15) is 37.4 Å². The van der Waals surface area contributed by atoms with E-state index in [2.05, 4.69) is 10.6 Å². The Hall–Kier alpha value is -2.98. The van der Waals surface area contributed by atoms with Crippen molar-refractivity contribution in [3.63, 3.8) is 0 Å². The van der Waals surface area contributed by atoms with Gasteiger partial charge in [-0.25, -0.2) is 18.8 Å². The van der Waals surface area contributed by atoms with Crippen LogP contribution in [0.5, 0.6) is 0 Å². The Labute approximate surface area is 205 Å². The first kappa shape index (κ1) is 28.3. The molecule has 0 saturated heterocycles. The van der Waals surface area contributed by atoms with Crippen molar-refractivity contribution >= 4 is 33.5 Å². The minimum absolute atomic E-state index is 0.0232. The van der Waals surface area contributed by atoms with Gasteiger partial charge < -0.3 is 20.5 Å². The number of carboxylic acid groups (broad SMARTS) is 1. The summed E-state index contributed by atoms with van der Waals surface area (Å²) in [4.78, 5) is 37.2. The maximum atomic E-state index is 14.7. The Balaban J connectivity index is 2.36. The second-order valence-corrected chi connectivity index (χ2v) is 13.7. The zero-order chi connectivity index (χ0) is 26.6. The number of amides is 2. The van der Waals surface area contributed by atoms with E-state index in [0.29, 0.717) is 12.2 Å². The lowest BCUT2D eigenvalue weighted by molar-refractivity contribution is -0.149. The average Bonchev–Trinajstić information content (AvgIpc) is 2.71. The fourth-order valence-electron chi connectivity index (χ4n) is 3.39. The monoisotopic (exact) mass is 510 g/mol. The number of benzene rings is 2. The number of hydrogen-bond acceptors (Lipinski definition) is 4. The van der Waals surface area contributed by atoms with Crippen molar-refractivity contribution < 1.29 is 33.0 Å². The molecule has 10 heteroatoms. The molecule has 0 aliphatic heterocycles. The number of ether oxygens (including phenoxy) is 1. The lowest BCUT2D eigenvalue weighted by atomic mass is 9.89. The predicted molar refractivity (Wildman–Crippen MR) is 133 cm³/mol. The van der Waals surface area contributed by atoms with Crippen molar-refractivity contribution in [2.24, 2.45) is 5.41 Å². The van der Waals surface area contributed by atoms with E-state index >= 15 is 0 Å². The van der Waals surface area contributed by atoms with Crippen LogP contribution < -0.4 is 10.6 Å². The van der Waals surface area contributed by atoms with Gasteiger partial charge in [-0.1, -0.05) is 24.3 Å². The molecular weight excluding hydrogens is 478 g/mol. The zero-order valence-electron chi connectivity index (χ0n) is 20.7. The number of methoxy groups -OCH3 is 1. The first-order valence-electron chi connectivity index (χ1n) is 10.7. The lowest BCUT2D eigenvalue weighted by Gasteiger charge is -2.27. The van der Waals surface area contributed by atoms with E-state index in [1.54, 1.807) is 50.1 Å². The van der Waals surface area contributed by atoms with Gasteiger partial charge in [-0.05, 0) is 55.9 Å². The number of halogens is 2. The summed E-state index contributed by atoms with van der Waals surface area (Å²) in [5, 5.41) is 14.3. The lowest BCUT2D eigenvalue weighted by Crippen LogP contribution is -2.40. The van der Waals surface area contributed by atoms with Crippen LogP contribution in [-0.2, 0) is 25.7 Å². The highest BCUT2D eigenvalue weighted by Crippen LogP contribution is 2.48. The number of carbonyl (C=O) groups is 3. The molecule has 0 heterocycles. The summed E-state index contributed by atoms with van der Waals surface area (Å²) in [5.41, 5.74) is -0.220. The van der Waals surface area contributed by atoms with Crippen LogP contribution in [0.25, 0.3) is 0 Å². The fourth-order valence-corrected chi connectivity index (χ4v) is 4.68. The molecule has 0 fully saturated rings. The van der Waals surface area contributed by atoms with Crippen LogP contribution in [0, 0.1) is 17.0 Å². The van der Waals surface area contributed by atoms with E-state index < -0.39 is 50.9 Å². The summed E-state index contributed by atoms with van der Waals surface area (Å²) in [6, 6.07) is 7.52. The normalized spacial score (nSPS) is 13.1. The van der Waals surface area contributed by atoms with Crippen LogP contribution >= 0.6 is 10.0 Å². The molecule has 2 rings (SSSR count). The van der Waals surface area contributed by atoms with Crippen LogP contribution in [0.4, 0.5) is 14.5 Å². The molecule has 7 nitrogen and oxygen atoms in total. The fraction of sp³-hybridized carbons (Fsp3) is 0.400. The molecule has 35 heavy (non-hydrogen) atoms. The van der Waals surface area contributed by atoms with Crippen molar-refractivity contribution in [3.05, 3.63) is 59.2 Å². The SMILES string of the molecule is COCc1ccc([C@@H](NC(=O)CC(C)(C)C(=O)O)C(=O)Nc2cc(F)c(S(C)(C)C)c(F)c2)cc1. The van der Waals surface area contributed by atoms with Gasteiger partial charge in [0.25, 0.3) is 5.91 Å². The molecular formula is C25H32F2N2O5S. The number of hydrogen-bond donors (Lipinski definition) is 3. The first-order valence-corrected chi connectivity index (χ1v) is 13.6. The number of carboxylic acids is 1. The molecule has 2 aromatic rings. The van der Waals surface area contributed by atoms with Gasteiger partial charge in [0.2, 0.25) is 5.91 Å². The van der Waals surface area contributed by atoms with Crippen LogP contribution in [0.15, 0.2) is 41.3 Å². The summed E-state index contributed by atoms with van der Waals surface area (Å²) >= 11 is 0. The highest BCUT2D eigenvalue weighted by Gasteiger charge is 2.32. The van der Waals surface area contributed by atoms with Crippen molar-refractivity contribution in [2.45, 2.75) is 37.8 Å². The highest BCUT2D eigenvalue weighted by atomic mass is 32.3. The maximum absolute atomic E-state index is 14.7. The van der Waals surface area contributed by atoms with Gasteiger partial charge >= 0.3 is 5.97 Å². The molecule has 1 atom stereocenters. The smallest absolute Gasteiger partial charge is 0.309 e. The van der Waals surface area contributed by atoms with Crippen LogP contribution in [0.3, 0.4) is 0 Å². The molecule has 0 aliphatic rings. The van der Waals surface area contributed by atoms with E-state index in [4.69, 9.17) is 4.74 Å². The molecule has 0 saturated carbocycles. The second kappa shape index (κ2) is 11.2. The van der Waals surface area contributed by atoms with E-state index in [9.17, 15) is 28.3 Å². The molecule has 0 unspecified atom stereocenters. The summed E-state index contributed by atoms with van der Waals surface area (Å²) in [6.45, 7) is 3.14. The van der Waals surface area contributed by atoms with Gasteiger partial charge in [-0.15, -0.1) is 0 Å². The largest absolute Gasteiger partial charge is 0.481 e. The second-order valence-electron chi connectivity index (χ2n) is 9.64. The Morgan fingerprint density at radius 2 is 1.60 bits per heavy atom. The van der Waals surface area contributed by atoms with Gasteiger partial charge in [0.05, 0.1) is 16.9 Å². The Bertz CT molecular complexity index is 1080. The predicted octanol–water partition coefficient (Wildman–Crippen LogP) is 4.46. The molecule has 0 radical (unpaired) electrons. The van der Waals surface area contributed by atoms with Crippen molar-refractivity contribution in [1.29, 1.82) is 0 Å². The van der Waals surface area contributed by atoms with Crippen molar-refractivity contribution in [2.75, 3.05) is 31.2 Å². The molecule has 2 amide bonds. The van der Waals surface area contributed by atoms with Gasteiger partial charge in [-0.3, -0.25) is 14.4 Å². The number of anilines is 1.